The van der Waals surface area contributed by atoms with Gasteiger partial charge in [-0.05, 0) is 27.4 Å². The first-order valence-corrected chi connectivity index (χ1v) is 5.66. The lowest BCUT2D eigenvalue weighted by Crippen LogP contribution is -2.09. The Morgan fingerprint density at radius 2 is 2.29 bits per heavy atom. The second-order valence-electron chi connectivity index (χ2n) is 3.85. The molecule has 1 rings (SSSR count). The highest BCUT2D eigenvalue weighted by Crippen LogP contribution is 2.16. The van der Waals surface area contributed by atoms with Gasteiger partial charge in [0.05, 0.1) is 11.1 Å². The minimum absolute atomic E-state index is 0.226. The summed E-state index contributed by atoms with van der Waals surface area (Å²) in [5.41, 5.74) is 0. The zero-order chi connectivity index (χ0) is 10.6. The summed E-state index contributed by atoms with van der Waals surface area (Å²) in [7, 11) is 4.10. The van der Waals surface area contributed by atoms with E-state index in [1.165, 1.54) is 4.88 Å². The third kappa shape index (κ3) is 4.17. The average molecular weight is 214 g/mol. The minimum atomic E-state index is -0.226. The van der Waals surface area contributed by atoms with Gasteiger partial charge in [-0.25, -0.2) is 4.98 Å². The molecule has 0 fully saturated rings. The average Bonchev–Trinajstić information content (AvgIpc) is 2.47. The Morgan fingerprint density at radius 3 is 2.86 bits per heavy atom. The van der Waals surface area contributed by atoms with E-state index in [9.17, 15) is 0 Å². The van der Waals surface area contributed by atoms with Crippen molar-refractivity contribution in [1.82, 2.24) is 9.88 Å². The molecular weight excluding hydrogens is 196 g/mol. The highest BCUT2D eigenvalue weighted by Gasteiger charge is 2.04. The van der Waals surface area contributed by atoms with E-state index in [-0.39, 0.29) is 6.10 Å². The van der Waals surface area contributed by atoms with Gasteiger partial charge in [-0.15, -0.1) is 11.3 Å². The van der Waals surface area contributed by atoms with Gasteiger partial charge in [-0.3, -0.25) is 0 Å². The number of aryl methyl sites for hydroxylation is 1. The molecule has 0 aliphatic carbocycles. The summed E-state index contributed by atoms with van der Waals surface area (Å²) >= 11 is 1.74. The standard InChI is InChI=1S/C10H18N2OS/c1-8(13)4-5-10-11-6-9(14-10)7-12(2)3/h6,8,13H,4-5,7H2,1-3H3/t8-/m0/s1. The maximum Gasteiger partial charge on any atom is 0.0929 e. The van der Waals surface area contributed by atoms with Crippen LogP contribution in [0.4, 0.5) is 0 Å². The van der Waals surface area contributed by atoms with Gasteiger partial charge in [0.25, 0.3) is 0 Å². The van der Waals surface area contributed by atoms with Gasteiger partial charge in [0.1, 0.15) is 0 Å². The summed E-state index contributed by atoms with van der Waals surface area (Å²) < 4.78 is 0. The summed E-state index contributed by atoms with van der Waals surface area (Å²) in [6, 6.07) is 0. The lowest BCUT2D eigenvalue weighted by Gasteiger charge is -2.05. The summed E-state index contributed by atoms with van der Waals surface area (Å²) in [5.74, 6) is 0. The van der Waals surface area contributed by atoms with Crippen LogP contribution in [-0.2, 0) is 13.0 Å². The molecule has 0 saturated heterocycles. The molecular formula is C10H18N2OS. The SMILES string of the molecule is C[C@H](O)CCc1ncc(CN(C)C)s1. The van der Waals surface area contributed by atoms with E-state index < -0.39 is 0 Å². The maximum absolute atomic E-state index is 9.13. The number of hydrogen-bond donors (Lipinski definition) is 1. The van der Waals surface area contributed by atoms with E-state index in [2.05, 4.69) is 24.0 Å². The Labute approximate surface area is 89.4 Å². The third-order valence-corrected chi connectivity index (χ3v) is 2.89. The monoisotopic (exact) mass is 214 g/mol. The first-order valence-electron chi connectivity index (χ1n) is 4.84. The van der Waals surface area contributed by atoms with Crippen molar-refractivity contribution in [3.63, 3.8) is 0 Å². The van der Waals surface area contributed by atoms with Crippen molar-refractivity contribution in [2.24, 2.45) is 0 Å². The van der Waals surface area contributed by atoms with Gasteiger partial charge >= 0.3 is 0 Å². The Morgan fingerprint density at radius 1 is 1.57 bits per heavy atom. The highest BCUT2D eigenvalue weighted by molar-refractivity contribution is 7.11. The zero-order valence-corrected chi connectivity index (χ0v) is 9.84. The molecule has 0 aromatic carbocycles. The second kappa shape index (κ2) is 5.44. The number of rotatable bonds is 5. The fourth-order valence-electron chi connectivity index (χ4n) is 1.18. The maximum atomic E-state index is 9.13. The molecule has 14 heavy (non-hydrogen) atoms. The Kier molecular flexibility index (Phi) is 4.51. The molecule has 0 aliphatic heterocycles. The van der Waals surface area contributed by atoms with Gasteiger partial charge in [0.15, 0.2) is 0 Å². The van der Waals surface area contributed by atoms with Crippen molar-refractivity contribution in [3.8, 4) is 0 Å². The van der Waals surface area contributed by atoms with E-state index in [0.717, 1.165) is 24.4 Å². The molecule has 1 aromatic heterocycles. The molecule has 1 atom stereocenters. The lowest BCUT2D eigenvalue weighted by molar-refractivity contribution is 0.185. The molecule has 0 amide bonds. The number of nitrogens with zero attached hydrogens (tertiary/aromatic N) is 2. The molecule has 1 heterocycles. The number of hydrogen-bond acceptors (Lipinski definition) is 4. The Hall–Kier alpha value is -0.450. The number of aliphatic hydroxyl groups excluding tert-OH is 1. The minimum Gasteiger partial charge on any atom is -0.393 e. The smallest absolute Gasteiger partial charge is 0.0929 e. The van der Waals surface area contributed by atoms with Crippen LogP contribution in [0.25, 0.3) is 0 Å². The summed E-state index contributed by atoms with van der Waals surface area (Å²) in [6.07, 6.45) is 3.39. The van der Waals surface area contributed by atoms with E-state index >= 15 is 0 Å². The zero-order valence-electron chi connectivity index (χ0n) is 9.03. The Bertz CT molecular complexity index is 271. The van der Waals surface area contributed by atoms with Gasteiger partial charge in [0, 0.05) is 24.0 Å². The molecule has 0 radical (unpaired) electrons. The lowest BCUT2D eigenvalue weighted by atomic mass is 10.2. The first kappa shape index (κ1) is 11.6. The van der Waals surface area contributed by atoms with Gasteiger partial charge < -0.3 is 10.0 Å². The molecule has 0 saturated carbocycles. The van der Waals surface area contributed by atoms with Gasteiger partial charge in [-0.1, -0.05) is 0 Å². The van der Waals surface area contributed by atoms with Crippen molar-refractivity contribution in [2.75, 3.05) is 14.1 Å². The van der Waals surface area contributed by atoms with Crippen LogP contribution in [0.1, 0.15) is 23.2 Å². The molecule has 0 unspecified atom stereocenters. The normalized spacial score (nSPS) is 13.5. The quantitative estimate of drug-likeness (QED) is 0.807. The van der Waals surface area contributed by atoms with Crippen LogP contribution in [-0.4, -0.2) is 35.2 Å². The van der Waals surface area contributed by atoms with Crippen LogP contribution in [0, 0.1) is 0 Å². The molecule has 3 nitrogen and oxygen atoms in total. The fourth-order valence-corrected chi connectivity index (χ4v) is 2.24. The van der Waals surface area contributed by atoms with Crippen LogP contribution in [0.5, 0.6) is 0 Å². The topological polar surface area (TPSA) is 36.4 Å². The van der Waals surface area contributed by atoms with E-state index in [0.29, 0.717) is 0 Å². The summed E-state index contributed by atoms with van der Waals surface area (Å²) in [6.45, 7) is 2.76. The third-order valence-electron chi connectivity index (χ3n) is 1.85. The second-order valence-corrected chi connectivity index (χ2v) is 5.05. The number of thiazole rings is 1. The number of aliphatic hydroxyl groups is 1. The Balaban J connectivity index is 2.42. The molecule has 0 bridgehead atoms. The van der Waals surface area contributed by atoms with Crippen LogP contribution < -0.4 is 0 Å². The van der Waals surface area contributed by atoms with Gasteiger partial charge in [0.2, 0.25) is 0 Å². The van der Waals surface area contributed by atoms with E-state index in [4.69, 9.17) is 5.11 Å². The van der Waals surface area contributed by atoms with E-state index in [1.54, 1.807) is 11.3 Å². The predicted octanol–water partition coefficient (Wildman–Crippen LogP) is 1.52. The van der Waals surface area contributed by atoms with Crippen LogP contribution in [0.3, 0.4) is 0 Å². The van der Waals surface area contributed by atoms with Crippen molar-refractivity contribution in [1.29, 1.82) is 0 Å². The molecule has 0 spiro atoms. The largest absolute Gasteiger partial charge is 0.393 e. The molecule has 0 aliphatic rings. The van der Waals surface area contributed by atoms with Crippen molar-refractivity contribution >= 4 is 11.3 Å². The van der Waals surface area contributed by atoms with Crippen molar-refractivity contribution < 1.29 is 5.11 Å². The molecule has 1 aromatic rings. The first-order chi connectivity index (χ1) is 6.58. The highest BCUT2D eigenvalue weighted by atomic mass is 32.1. The molecule has 80 valence electrons. The van der Waals surface area contributed by atoms with E-state index in [1.807, 2.05) is 13.1 Å². The number of aromatic nitrogens is 1. The fraction of sp³-hybridized carbons (Fsp3) is 0.700. The van der Waals surface area contributed by atoms with Crippen LogP contribution in [0.15, 0.2) is 6.20 Å². The molecule has 4 heteroatoms. The van der Waals surface area contributed by atoms with Crippen LogP contribution >= 0.6 is 11.3 Å². The van der Waals surface area contributed by atoms with Crippen LogP contribution in [0.2, 0.25) is 0 Å². The summed E-state index contributed by atoms with van der Waals surface area (Å²) in [5, 5.41) is 10.3. The predicted molar refractivity (Wildman–Crippen MR) is 59.5 cm³/mol. The summed E-state index contributed by atoms with van der Waals surface area (Å²) in [4.78, 5) is 7.74. The molecule has 1 N–H and O–H groups in total. The van der Waals surface area contributed by atoms with Gasteiger partial charge in [-0.2, -0.15) is 0 Å². The van der Waals surface area contributed by atoms with Crippen molar-refractivity contribution in [2.45, 2.75) is 32.4 Å². The van der Waals surface area contributed by atoms with Crippen molar-refractivity contribution in [3.05, 3.63) is 16.1 Å².